The molecular formula is C34H30N4O4S4. The van der Waals surface area contributed by atoms with Crippen molar-refractivity contribution in [2.45, 2.75) is 22.5 Å². The van der Waals surface area contributed by atoms with E-state index in [1.165, 1.54) is 23.5 Å². The predicted octanol–water partition coefficient (Wildman–Crippen LogP) is 8.83. The number of hydrogen-bond donors (Lipinski definition) is 2. The van der Waals surface area contributed by atoms with Gasteiger partial charge in [0.1, 0.15) is 11.5 Å². The second-order valence-corrected chi connectivity index (χ2v) is 14.4. The summed E-state index contributed by atoms with van der Waals surface area (Å²) >= 11 is 5.95. The Morgan fingerprint density at radius 3 is 1.43 bits per heavy atom. The van der Waals surface area contributed by atoms with Crippen molar-refractivity contribution >= 4 is 89.8 Å². The number of nitrogens with one attached hydrogen (secondary N) is 2. The van der Waals surface area contributed by atoms with Crippen LogP contribution >= 0.6 is 46.2 Å². The molecule has 6 aromatic rings. The minimum absolute atomic E-state index is 0.0934. The van der Waals surface area contributed by atoms with Crippen LogP contribution in [0.5, 0.6) is 11.5 Å². The van der Waals surface area contributed by atoms with E-state index in [1.807, 2.05) is 98.8 Å². The number of anilines is 2. The number of nitrogens with zero attached hydrogens (tertiary/aromatic N) is 2. The molecule has 6 rings (SSSR count). The van der Waals surface area contributed by atoms with E-state index in [-0.39, 0.29) is 23.3 Å². The fourth-order valence-corrected chi connectivity index (χ4v) is 8.34. The Bertz CT molecular complexity index is 1830. The molecule has 2 heterocycles. The highest BCUT2D eigenvalue weighted by atomic mass is 32.2. The van der Waals surface area contributed by atoms with Crippen molar-refractivity contribution < 1.29 is 19.1 Å². The van der Waals surface area contributed by atoms with Crippen molar-refractivity contribution in [1.82, 2.24) is 9.97 Å². The Morgan fingerprint density at radius 2 is 1.04 bits per heavy atom. The van der Waals surface area contributed by atoms with Gasteiger partial charge in [-0.05, 0) is 85.6 Å². The van der Waals surface area contributed by atoms with Gasteiger partial charge >= 0.3 is 0 Å². The molecule has 0 aliphatic carbocycles. The van der Waals surface area contributed by atoms with Crippen LogP contribution in [0.2, 0.25) is 0 Å². The smallest absolute Gasteiger partial charge is 0.234 e. The Balaban J connectivity index is 0.966. The number of amides is 2. The summed E-state index contributed by atoms with van der Waals surface area (Å²) in [4.78, 5) is 34.4. The van der Waals surface area contributed by atoms with Crippen molar-refractivity contribution in [1.29, 1.82) is 0 Å². The molecule has 12 heteroatoms. The number of hydrogen-bond acceptors (Lipinski definition) is 10. The van der Waals surface area contributed by atoms with Crippen LogP contribution in [0.25, 0.3) is 31.6 Å². The third-order valence-corrected chi connectivity index (χ3v) is 10.9. The van der Waals surface area contributed by atoms with Crippen molar-refractivity contribution in [2.24, 2.45) is 0 Å². The summed E-state index contributed by atoms with van der Waals surface area (Å²) in [6.07, 6.45) is 0. The molecule has 4 aromatic carbocycles. The van der Waals surface area contributed by atoms with Gasteiger partial charge in [-0.3, -0.25) is 9.59 Å². The van der Waals surface area contributed by atoms with Crippen molar-refractivity contribution in [3.8, 4) is 22.6 Å². The standard InChI is InChI=1S/C34H30N4O4S4/c1-3-41-25-13-15-27-29(17-25)45-33(37-27)43-19-31(39)35-23-9-5-21(6-10-23)22-7-11-24(12-8-22)36-32(40)20-44-34-38-28-16-14-26(42-4-2)18-30(28)46-34/h5-18H,3-4,19-20H2,1-2H3,(H,35,39)(H,36,40). The molecule has 0 unspecified atom stereocenters. The second-order valence-electron chi connectivity index (χ2n) is 9.91. The van der Waals surface area contributed by atoms with Gasteiger partial charge in [0.25, 0.3) is 0 Å². The van der Waals surface area contributed by atoms with Crippen molar-refractivity contribution in [3.05, 3.63) is 84.9 Å². The highest BCUT2D eigenvalue weighted by Crippen LogP contribution is 2.33. The van der Waals surface area contributed by atoms with E-state index in [2.05, 4.69) is 20.6 Å². The number of rotatable bonds is 13. The van der Waals surface area contributed by atoms with E-state index in [1.54, 1.807) is 22.7 Å². The van der Waals surface area contributed by atoms with Crippen molar-refractivity contribution in [2.75, 3.05) is 35.4 Å². The zero-order chi connectivity index (χ0) is 31.9. The number of fused-ring (bicyclic) bond motifs is 2. The number of ether oxygens (including phenoxy) is 2. The Hall–Kier alpha value is -4.10. The maximum absolute atomic E-state index is 12.6. The molecule has 0 saturated heterocycles. The lowest BCUT2D eigenvalue weighted by Gasteiger charge is -2.08. The molecule has 0 radical (unpaired) electrons. The SMILES string of the molecule is CCOc1ccc2nc(SCC(=O)Nc3ccc(-c4ccc(NC(=O)CSc5nc6ccc(OCC)cc6s5)cc4)cc3)sc2c1. The molecule has 0 bridgehead atoms. The molecule has 0 aliphatic heterocycles. The number of thioether (sulfide) groups is 2. The third kappa shape index (κ3) is 8.18. The summed E-state index contributed by atoms with van der Waals surface area (Å²) < 4.78 is 14.9. The van der Waals surface area contributed by atoms with Gasteiger partial charge in [-0.25, -0.2) is 9.97 Å². The highest BCUT2D eigenvalue weighted by Gasteiger charge is 2.11. The topological polar surface area (TPSA) is 102 Å². The summed E-state index contributed by atoms with van der Waals surface area (Å²) in [7, 11) is 0. The van der Waals surface area contributed by atoms with Gasteiger partial charge in [-0.1, -0.05) is 47.8 Å². The lowest BCUT2D eigenvalue weighted by molar-refractivity contribution is -0.114. The van der Waals surface area contributed by atoms with E-state index < -0.39 is 0 Å². The fraction of sp³-hybridized carbons (Fsp3) is 0.176. The maximum atomic E-state index is 12.6. The fourth-order valence-electron chi connectivity index (χ4n) is 4.54. The summed E-state index contributed by atoms with van der Waals surface area (Å²) in [5, 5.41) is 5.92. The maximum Gasteiger partial charge on any atom is 0.234 e. The summed E-state index contributed by atoms with van der Waals surface area (Å²) in [5.41, 5.74) is 5.27. The first-order valence-corrected chi connectivity index (χ1v) is 18.2. The van der Waals surface area contributed by atoms with Gasteiger partial charge < -0.3 is 20.1 Å². The summed E-state index contributed by atoms with van der Waals surface area (Å²) in [6.45, 7) is 5.14. The Kier molecular flexibility index (Phi) is 10.4. The molecule has 0 fully saturated rings. The van der Waals surface area contributed by atoms with Crippen LogP contribution in [-0.4, -0.2) is 46.5 Å². The number of benzene rings is 4. The Morgan fingerprint density at radius 1 is 0.630 bits per heavy atom. The first kappa shape index (κ1) is 31.9. The molecule has 2 N–H and O–H groups in total. The molecule has 0 spiro atoms. The van der Waals surface area contributed by atoms with Gasteiger partial charge in [-0.15, -0.1) is 22.7 Å². The number of aromatic nitrogens is 2. The summed E-state index contributed by atoms with van der Waals surface area (Å²) in [5.74, 6) is 1.99. The predicted molar refractivity (Wildman–Crippen MR) is 192 cm³/mol. The van der Waals surface area contributed by atoms with Crippen LogP contribution in [0.3, 0.4) is 0 Å². The third-order valence-electron chi connectivity index (χ3n) is 6.63. The average Bonchev–Trinajstić information content (AvgIpc) is 3.67. The number of carbonyl (C=O) groups excluding carboxylic acids is 2. The van der Waals surface area contributed by atoms with Gasteiger partial charge in [0.2, 0.25) is 11.8 Å². The van der Waals surface area contributed by atoms with Crippen LogP contribution in [0.4, 0.5) is 11.4 Å². The average molecular weight is 687 g/mol. The van der Waals surface area contributed by atoms with Crippen LogP contribution in [0, 0.1) is 0 Å². The molecule has 234 valence electrons. The molecule has 2 amide bonds. The van der Waals surface area contributed by atoms with Gasteiger partial charge in [0.15, 0.2) is 8.68 Å². The van der Waals surface area contributed by atoms with E-state index >= 15 is 0 Å². The van der Waals surface area contributed by atoms with Gasteiger partial charge in [-0.2, -0.15) is 0 Å². The monoisotopic (exact) mass is 686 g/mol. The summed E-state index contributed by atoms with van der Waals surface area (Å²) in [6, 6.07) is 27.1. The molecule has 8 nitrogen and oxygen atoms in total. The minimum Gasteiger partial charge on any atom is -0.494 e. The first-order valence-electron chi connectivity index (χ1n) is 14.6. The van der Waals surface area contributed by atoms with E-state index in [0.717, 1.165) is 63.1 Å². The van der Waals surface area contributed by atoms with Crippen LogP contribution in [0.1, 0.15) is 13.8 Å². The zero-order valence-electron chi connectivity index (χ0n) is 25.1. The Labute approximate surface area is 283 Å². The molecule has 0 atom stereocenters. The van der Waals surface area contributed by atoms with Crippen LogP contribution in [0.15, 0.2) is 93.6 Å². The molecule has 0 saturated carbocycles. The van der Waals surface area contributed by atoms with E-state index in [0.29, 0.717) is 13.2 Å². The van der Waals surface area contributed by atoms with Crippen LogP contribution in [-0.2, 0) is 9.59 Å². The number of thiazole rings is 2. The lowest BCUT2D eigenvalue weighted by atomic mass is 10.0. The van der Waals surface area contributed by atoms with Crippen LogP contribution < -0.4 is 20.1 Å². The second kappa shape index (κ2) is 15.0. The zero-order valence-corrected chi connectivity index (χ0v) is 28.3. The molecule has 2 aromatic heterocycles. The van der Waals surface area contributed by atoms with E-state index in [4.69, 9.17) is 9.47 Å². The molecule has 0 aliphatic rings. The van der Waals surface area contributed by atoms with Crippen molar-refractivity contribution in [3.63, 3.8) is 0 Å². The largest absolute Gasteiger partial charge is 0.494 e. The lowest BCUT2D eigenvalue weighted by Crippen LogP contribution is -2.14. The van der Waals surface area contributed by atoms with E-state index in [9.17, 15) is 9.59 Å². The number of carbonyl (C=O) groups is 2. The molecular weight excluding hydrogens is 657 g/mol. The minimum atomic E-state index is -0.0934. The quantitative estimate of drug-likeness (QED) is 0.116. The first-order chi connectivity index (χ1) is 22.4. The van der Waals surface area contributed by atoms with Gasteiger partial charge in [0, 0.05) is 11.4 Å². The van der Waals surface area contributed by atoms with Gasteiger partial charge in [0.05, 0.1) is 45.2 Å². The highest BCUT2D eigenvalue weighted by molar-refractivity contribution is 8.02. The molecule has 46 heavy (non-hydrogen) atoms. The normalized spacial score (nSPS) is 11.1.